The molecule has 1 aliphatic carbocycles. The molecule has 1 aromatic carbocycles. The molecule has 4 rings (SSSR count). The van der Waals surface area contributed by atoms with E-state index >= 15 is 0 Å². The van der Waals surface area contributed by atoms with Crippen LogP contribution in [0.25, 0.3) is 0 Å². The molecule has 0 bridgehead atoms. The van der Waals surface area contributed by atoms with E-state index in [-0.39, 0.29) is 6.10 Å². The topological polar surface area (TPSA) is 39.1 Å². The molecule has 2 aromatic rings. The standard InChI is InChI=1S/C20H27N3O/c1-2-23-14-17(13-21-23)20-19(9-6-10-24-20)22-18-11-16(12-18)15-7-4-3-5-8-15/h3-5,7-8,13-14,16,18-20,22H,2,6,9-12H2,1H3/t16?,18?,19-,20+/m0/s1. The number of aryl methyl sites for hydroxylation is 1. The molecular weight excluding hydrogens is 298 g/mol. The van der Waals surface area contributed by atoms with Gasteiger partial charge in [-0.1, -0.05) is 30.3 Å². The third-order valence-corrected chi connectivity index (χ3v) is 5.49. The zero-order valence-corrected chi connectivity index (χ0v) is 14.4. The Morgan fingerprint density at radius 1 is 1.21 bits per heavy atom. The van der Waals surface area contributed by atoms with E-state index in [0.29, 0.717) is 12.1 Å². The number of hydrogen-bond donors (Lipinski definition) is 1. The summed E-state index contributed by atoms with van der Waals surface area (Å²) in [6.45, 7) is 3.88. The summed E-state index contributed by atoms with van der Waals surface area (Å²) in [7, 11) is 0. The van der Waals surface area contributed by atoms with Gasteiger partial charge in [0.15, 0.2) is 0 Å². The van der Waals surface area contributed by atoms with E-state index in [0.717, 1.165) is 25.5 Å². The van der Waals surface area contributed by atoms with Gasteiger partial charge in [-0.25, -0.2) is 0 Å². The van der Waals surface area contributed by atoms with E-state index in [1.807, 2.05) is 10.9 Å². The zero-order chi connectivity index (χ0) is 16.4. The normalized spacial score (nSPS) is 30.0. The molecule has 0 spiro atoms. The van der Waals surface area contributed by atoms with Crippen molar-refractivity contribution in [1.82, 2.24) is 15.1 Å². The van der Waals surface area contributed by atoms with Gasteiger partial charge in [-0.2, -0.15) is 5.10 Å². The van der Waals surface area contributed by atoms with Crippen LogP contribution in [-0.2, 0) is 11.3 Å². The van der Waals surface area contributed by atoms with Crippen molar-refractivity contribution in [3.8, 4) is 0 Å². The van der Waals surface area contributed by atoms with Gasteiger partial charge >= 0.3 is 0 Å². The molecule has 1 saturated carbocycles. The Hall–Kier alpha value is -1.65. The Morgan fingerprint density at radius 3 is 2.79 bits per heavy atom. The Kier molecular flexibility index (Phi) is 4.67. The van der Waals surface area contributed by atoms with Crippen LogP contribution in [0.2, 0.25) is 0 Å². The minimum atomic E-state index is 0.148. The van der Waals surface area contributed by atoms with Crippen LogP contribution in [0.3, 0.4) is 0 Å². The number of hydrogen-bond acceptors (Lipinski definition) is 3. The largest absolute Gasteiger partial charge is 0.372 e. The lowest BCUT2D eigenvalue weighted by molar-refractivity contribution is -0.0177. The minimum absolute atomic E-state index is 0.148. The molecule has 2 aliphatic rings. The van der Waals surface area contributed by atoms with Crippen LogP contribution in [0, 0.1) is 0 Å². The molecule has 128 valence electrons. The first-order valence-corrected chi connectivity index (χ1v) is 9.28. The predicted octanol–water partition coefficient (Wildman–Crippen LogP) is 3.66. The number of benzene rings is 1. The molecule has 4 nitrogen and oxygen atoms in total. The van der Waals surface area contributed by atoms with E-state index < -0.39 is 0 Å². The van der Waals surface area contributed by atoms with E-state index in [1.54, 1.807) is 0 Å². The fourth-order valence-corrected chi connectivity index (χ4v) is 4.03. The third-order valence-electron chi connectivity index (χ3n) is 5.49. The van der Waals surface area contributed by atoms with Crippen LogP contribution >= 0.6 is 0 Å². The fourth-order valence-electron chi connectivity index (χ4n) is 4.03. The second-order valence-corrected chi connectivity index (χ2v) is 7.11. The van der Waals surface area contributed by atoms with Gasteiger partial charge in [0.05, 0.1) is 6.20 Å². The van der Waals surface area contributed by atoms with Crippen LogP contribution in [0.15, 0.2) is 42.7 Å². The van der Waals surface area contributed by atoms with Crippen molar-refractivity contribution < 1.29 is 4.74 Å². The van der Waals surface area contributed by atoms with Crippen molar-refractivity contribution in [3.63, 3.8) is 0 Å². The van der Waals surface area contributed by atoms with Crippen molar-refractivity contribution in [1.29, 1.82) is 0 Å². The average molecular weight is 325 g/mol. The summed E-state index contributed by atoms with van der Waals surface area (Å²) in [5.74, 6) is 0.717. The highest BCUT2D eigenvalue weighted by atomic mass is 16.5. The Bertz CT molecular complexity index is 648. The molecule has 1 saturated heterocycles. The molecule has 1 aromatic heterocycles. The molecule has 2 heterocycles. The van der Waals surface area contributed by atoms with Crippen LogP contribution in [0.4, 0.5) is 0 Å². The molecule has 2 atom stereocenters. The van der Waals surface area contributed by atoms with E-state index in [9.17, 15) is 0 Å². The molecule has 1 N–H and O–H groups in total. The first-order chi connectivity index (χ1) is 11.8. The van der Waals surface area contributed by atoms with Crippen molar-refractivity contribution in [2.24, 2.45) is 0 Å². The monoisotopic (exact) mass is 325 g/mol. The fraction of sp³-hybridized carbons (Fsp3) is 0.550. The first-order valence-electron chi connectivity index (χ1n) is 9.28. The summed E-state index contributed by atoms with van der Waals surface area (Å²) in [6, 6.07) is 11.9. The highest BCUT2D eigenvalue weighted by molar-refractivity contribution is 5.23. The van der Waals surface area contributed by atoms with Crippen molar-refractivity contribution >= 4 is 0 Å². The Balaban J connectivity index is 1.36. The van der Waals surface area contributed by atoms with Crippen molar-refractivity contribution in [3.05, 3.63) is 53.9 Å². The Labute approximate surface area is 144 Å². The summed E-state index contributed by atoms with van der Waals surface area (Å²) in [6.07, 6.45) is 9.07. The molecule has 0 unspecified atom stereocenters. The lowest BCUT2D eigenvalue weighted by Gasteiger charge is -2.42. The van der Waals surface area contributed by atoms with Gasteiger partial charge in [-0.05, 0) is 44.1 Å². The molecule has 0 radical (unpaired) electrons. The van der Waals surface area contributed by atoms with E-state index in [4.69, 9.17) is 4.74 Å². The van der Waals surface area contributed by atoms with Gasteiger partial charge in [0.25, 0.3) is 0 Å². The molecule has 1 aliphatic heterocycles. The predicted molar refractivity (Wildman–Crippen MR) is 95.0 cm³/mol. The number of nitrogens with one attached hydrogen (secondary N) is 1. The summed E-state index contributed by atoms with van der Waals surface area (Å²) >= 11 is 0. The van der Waals surface area contributed by atoms with Gasteiger partial charge in [0.1, 0.15) is 6.10 Å². The molecule has 24 heavy (non-hydrogen) atoms. The van der Waals surface area contributed by atoms with Crippen molar-refractivity contribution in [2.75, 3.05) is 6.61 Å². The van der Waals surface area contributed by atoms with E-state index in [2.05, 4.69) is 53.9 Å². The maximum absolute atomic E-state index is 6.10. The second kappa shape index (κ2) is 7.08. The smallest absolute Gasteiger partial charge is 0.101 e. The van der Waals surface area contributed by atoms with Crippen LogP contribution in [0.1, 0.15) is 55.8 Å². The van der Waals surface area contributed by atoms with Crippen LogP contribution in [0.5, 0.6) is 0 Å². The number of ether oxygens (including phenoxy) is 1. The lowest BCUT2D eigenvalue weighted by atomic mass is 9.75. The van der Waals surface area contributed by atoms with Gasteiger partial charge in [-0.15, -0.1) is 0 Å². The number of nitrogens with zero attached hydrogens (tertiary/aromatic N) is 2. The van der Waals surface area contributed by atoms with Gasteiger partial charge in [0.2, 0.25) is 0 Å². The van der Waals surface area contributed by atoms with Crippen LogP contribution < -0.4 is 5.32 Å². The second-order valence-electron chi connectivity index (χ2n) is 7.11. The SMILES string of the molecule is CCn1cc([C@H]2OCCC[C@@H]2NC2CC(c3ccccc3)C2)cn1. The van der Waals surface area contributed by atoms with Crippen molar-refractivity contribution in [2.45, 2.75) is 63.3 Å². The average Bonchev–Trinajstić information content (AvgIpc) is 3.08. The quantitative estimate of drug-likeness (QED) is 0.912. The number of aromatic nitrogens is 2. The highest BCUT2D eigenvalue weighted by Gasteiger charge is 2.35. The summed E-state index contributed by atoms with van der Waals surface area (Å²) < 4.78 is 8.08. The lowest BCUT2D eigenvalue weighted by Crippen LogP contribution is -2.49. The third kappa shape index (κ3) is 3.26. The Morgan fingerprint density at radius 2 is 2.04 bits per heavy atom. The minimum Gasteiger partial charge on any atom is -0.372 e. The number of rotatable bonds is 5. The maximum Gasteiger partial charge on any atom is 0.101 e. The zero-order valence-electron chi connectivity index (χ0n) is 14.4. The van der Waals surface area contributed by atoms with E-state index in [1.165, 1.54) is 30.4 Å². The molecule has 0 amide bonds. The maximum atomic E-state index is 6.10. The van der Waals surface area contributed by atoms with Gasteiger partial charge in [-0.3, -0.25) is 4.68 Å². The molecule has 4 heteroatoms. The summed E-state index contributed by atoms with van der Waals surface area (Å²) in [5.41, 5.74) is 2.70. The summed E-state index contributed by atoms with van der Waals surface area (Å²) in [5, 5.41) is 8.29. The summed E-state index contributed by atoms with van der Waals surface area (Å²) in [4.78, 5) is 0. The van der Waals surface area contributed by atoms with Crippen LogP contribution in [-0.4, -0.2) is 28.5 Å². The van der Waals surface area contributed by atoms with Gasteiger partial charge in [0, 0.05) is 37.0 Å². The van der Waals surface area contributed by atoms with Gasteiger partial charge < -0.3 is 10.1 Å². The molecule has 2 fully saturated rings. The highest BCUT2D eigenvalue weighted by Crippen LogP contribution is 2.38. The first kappa shape index (κ1) is 15.9. The molecular formula is C20H27N3O.